The average molecular weight is 820 g/mol. The van der Waals surface area contributed by atoms with Gasteiger partial charge in [-0.15, -0.1) is 0 Å². The van der Waals surface area contributed by atoms with E-state index in [2.05, 4.69) is 30.3 Å². The van der Waals surface area contributed by atoms with Crippen molar-refractivity contribution in [3.63, 3.8) is 0 Å². The molecule has 1 aromatic rings. The number of fused-ring (bicyclic) bond motifs is 1. The largest absolute Gasteiger partial charge is 0.458 e. The van der Waals surface area contributed by atoms with Crippen LogP contribution in [0.5, 0.6) is 11.5 Å². The number of rotatable bonds is 20. The zero-order chi connectivity index (χ0) is 46.0. The van der Waals surface area contributed by atoms with E-state index in [4.69, 9.17) is 55.3 Å². The molecular weight excluding hydrogens is 757 g/mol. The van der Waals surface area contributed by atoms with Crippen LogP contribution in [0, 0.1) is 0 Å². The van der Waals surface area contributed by atoms with Crippen molar-refractivity contribution >= 4 is 115 Å². The second kappa shape index (κ2) is 24.8. The molecule has 3 aliphatic rings. The Kier molecular flexibility index (Phi) is 15.9. The Morgan fingerprint density at radius 3 is 2.31 bits per heavy atom. The Bertz CT molecular complexity index is 1510. The van der Waals surface area contributed by atoms with E-state index in [0.717, 1.165) is 36.1 Å². The highest BCUT2D eigenvalue weighted by Gasteiger charge is 2.55. The maximum absolute atomic E-state index is 13.6. The van der Waals surface area contributed by atoms with Gasteiger partial charge >= 0.3 is 0 Å². The molecule has 4 N–H and O–H groups in total. The van der Waals surface area contributed by atoms with E-state index in [0.29, 0.717) is 5.56 Å². The Balaban J connectivity index is 0.00000147. The van der Waals surface area contributed by atoms with Crippen LogP contribution in [0.25, 0.3) is 6.08 Å². The fourth-order valence-electron chi connectivity index (χ4n) is 5.00. The molecule has 282 valence electrons. The van der Waals surface area contributed by atoms with E-state index in [1.807, 2.05) is 0 Å². The molecule has 51 heavy (non-hydrogen) atoms. The van der Waals surface area contributed by atoms with Crippen molar-refractivity contribution in [3.8, 4) is 11.5 Å². The first kappa shape index (κ1) is 32.7. The first-order valence-electron chi connectivity index (χ1n) is 20.9. The molecule has 0 radical (unpaired) electrons. The number of ketones is 1. The van der Waals surface area contributed by atoms with E-state index < -0.39 is 96.2 Å². The predicted molar refractivity (Wildman–Crippen MR) is 222 cm³/mol. The van der Waals surface area contributed by atoms with Crippen LogP contribution < -0.4 is 14.2 Å². The summed E-state index contributed by atoms with van der Waals surface area (Å²) in [6.45, 7) is 5.56. The summed E-state index contributed by atoms with van der Waals surface area (Å²) in [6.07, 6.45) is -8.76. The van der Waals surface area contributed by atoms with Gasteiger partial charge in [-0.25, -0.2) is 25.0 Å². The zero-order valence-corrected chi connectivity index (χ0v) is 32.6. The highest BCUT2D eigenvalue weighted by molar-refractivity contribution is 8.06. The van der Waals surface area contributed by atoms with E-state index in [1.54, 1.807) is 19.7 Å². The second-order valence-corrected chi connectivity index (χ2v) is 13.9. The number of amides is 1. The number of carbonyl (C=O) groups excluding carboxylic acids is 2. The molecule has 10 atom stereocenters. The molecule has 0 bridgehead atoms. The van der Waals surface area contributed by atoms with Crippen molar-refractivity contribution < 1.29 is 56.4 Å². The molecule has 1 aliphatic carbocycles. The van der Waals surface area contributed by atoms with Crippen molar-refractivity contribution in [2.24, 2.45) is 0 Å². The lowest BCUT2D eigenvalue weighted by Crippen LogP contribution is -2.67. The van der Waals surface area contributed by atoms with E-state index in [-0.39, 0.29) is 53.9 Å². The summed E-state index contributed by atoms with van der Waals surface area (Å²) in [5.41, 5.74) is 0.489. The van der Waals surface area contributed by atoms with Crippen LogP contribution in [0.1, 0.15) is 19.4 Å². The first-order valence-corrected chi connectivity index (χ1v) is 19.2. The van der Waals surface area contributed by atoms with Gasteiger partial charge in [0.2, 0.25) is 15.1 Å². The summed E-state index contributed by atoms with van der Waals surface area (Å²) in [4.78, 5) is 25.9. The standard InChI is InChI=1S/C26H38B3NO12S3.2CH5BS/c1-11(25(35)30-16-17(32)18(33)22-24(37-10-36-22)21(16)41-44-8-28)5-13-3-4-14(15(6-13)40-43-7-27)38-26-19(34)23(42-45-9-29)20(39-26)12(2)31;2*1-2-3/h3-6,16-24,26,32-34H,7-10,27-29H2,1-2H3,(H,30,35);2*2-3H,1H3/b11-5+;;/t16?,17-,18+,19-,20+,21+,22+,23-,24-,26+;;/m0../s1/i27TD,28TD,29TD,32T,33T;2*2D. The number of thiol groups is 2. The van der Waals surface area contributed by atoms with Crippen LogP contribution in [-0.2, 0) is 32.2 Å². The normalized spacial score (nSPS) is 32.2. The third-order valence-corrected chi connectivity index (χ3v) is 8.50. The lowest BCUT2D eigenvalue weighted by atomic mass is 9.83. The van der Waals surface area contributed by atoms with E-state index >= 15 is 0 Å². The predicted octanol–water partition coefficient (Wildman–Crippen LogP) is -1.40. The Hall–Kier alpha value is -0.545. The highest BCUT2D eigenvalue weighted by atomic mass is 32.2. The van der Waals surface area contributed by atoms with Gasteiger partial charge in [-0.3, -0.25) is 9.59 Å². The van der Waals surface area contributed by atoms with Gasteiger partial charge in [0, 0.05) is 23.3 Å². The smallest absolute Gasteiger partial charge is 0.247 e. The number of hydrogen-bond acceptors (Lipinski definition) is 17. The minimum atomic E-state index is -1.46. The molecule has 13 nitrogen and oxygen atoms in total. The van der Waals surface area contributed by atoms with E-state index in [1.165, 1.54) is 32.1 Å². The number of hydrogen-bond donors (Lipinski definition) is 6. The summed E-state index contributed by atoms with van der Waals surface area (Å²) in [6, 6.07) is 3.42. The Labute approximate surface area is 342 Å². The van der Waals surface area contributed by atoms with Gasteiger partial charge in [0.15, 0.2) is 30.3 Å². The fourth-order valence-corrected chi connectivity index (χ4v) is 6.24. The van der Waals surface area contributed by atoms with Crippen LogP contribution in [0.4, 0.5) is 0 Å². The van der Waals surface area contributed by atoms with Gasteiger partial charge in [0.25, 0.3) is 0 Å². The number of benzene rings is 1. The Morgan fingerprint density at radius 2 is 1.69 bits per heavy atom. The number of aliphatic hydroxyl groups excluding tert-OH is 3. The van der Waals surface area contributed by atoms with Crippen molar-refractivity contribution in [2.75, 3.05) is 23.7 Å². The SMILES string of the molecule is [2H]B(C)S.[2H]B(C)S.[2H]B([3H])CSOc1cc(/C=C(\C)C(=O)NC2[C@@H](OSCB([2H])[3H])[C@@H]3OCO[C@@H]3[C@H](O[3H])[C@H]2O[3H])ccc1O[C@@H]1O[C@H](C(C)=O)[C@@H](OSCB([2H])[3H])[C@@H]1O. The van der Waals surface area contributed by atoms with Crippen LogP contribution >= 0.6 is 61.1 Å². The molecule has 4 rings (SSSR count). The molecule has 1 unspecified atom stereocenters. The minimum absolute atomic E-state index is 0.0257. The summed E-state index contributed by atoms with van der Waals surface area (Å²) in [5, 5.41) is 23.5. The van der Waals surface area contributed by atoms with Gasteiger partial charge in [-0.1, -0.05) is 19.7 Å². The van der Waals surface area contributed by atoms with Crippen molar-refractivity contribution in [1.29, 1.82) is 13.5 Å². The van der Waals surface area contributed by atoms with Crippen molar-refractivity contribution in [2.45, 2.75) is 88.7 Å². The number of carbonyl (C=O) groups is 2. The second-order valence-electron chi connectivity index (χ2n) is 10.6. The van der Waals surface area contributed by atoms with Gasteiger partial charge < -0.3 is 52.1 Å². The van der Waals surface area contributed by atoms with Gasteiger partial charge in [-0.2, -0.15) is 0 Å². The molecule has 2 aliphatic heterocycles. The molecule has 2 heterocycles. The topological polar surface area (TPSA) is 171 Å². The van der Waals surface area contributed by atoms with Gasteiger partial charge in [-0.05, 0) is 83.7 Å². The third-order valence-electron chi connectivity index (χ3n) is 7.08. The monoisotopic (exact) mass is 820 g/mol. The van der Waals surface area contributed by atoms with Crippen LogP contribution in [0.2, 0.25) is 13.6 Å². The molecule has 1 amide bonds. The Morgan fingerprint density at radius 1 is 1.06 bits per heavy atom. The zero-order valence-electron chi connectivity index (χ0n) is 38.4. The molecule has 1 saturated carbocycles. The highest BCUT2D eigenvalue weighted by Crippen LogP contribution is 2.37. The minimum Gasteiger partial charge on any atom is -0.458 e. The van der Waals surface area contributed by atoms with Gasteiger partial charge in [0.05, 0.1) is 6.04 Å². The quantitative estimate of drug-likeness (QED) is 0.0393. The fraction of sp³-hybridized carbons (Fsp3) is 0.643. The van der Waals surface area contributed by atoms with Gasteiger partial charge in [0.1, 0.15) is 78.9 Å². The first-order chi connectivity index (χ1) is 28.7. The van der Waals surface area contributed by atoms with E-state index in [9.17, 15) is 14.7 Å². The maximum Gasteiger partial charge on any atom is 0.247 e. The maximum atomic E-state index is 13.6. The lowest BCUT2D eigenvalue weighted by Gasteiger charge is -2.43. The molecule has 3 fully saturated rings. The number of Topliss-reactive ketones (excluding diaryl/α,β-unsaturated/α-hetero) is 1. The summed E-state index contributed by atoms with van der Waals surface area (Å²) < 4.78 is 113. The third kappa shape index (κ3) is 13.6. The van der Waals surface area contributed by atoms with Crippen molar-refractivity contribution in [3.05, 3.63) is 29.3 Å². The van der Waals surface area contributed by atoms with Crippen molar-refractivity contribution in [1.82, 2.24) is 5.32 Å². The molecule has 1 aromatic carbocycles. The number of ether oxygens (including phenoxy) is 4. The van der Waals surface area contributed by atoms with Crippen LogP contribution in [0.15, 0.2) is 23.8 Å². The lowest BCUT2D eigenvalue weighted by molar-refractivity contribution is -0.147. The summed E-state index contributed by atoms with van der Waals surface area (Å²) in [5.74, 6) is -0.949. The molecule has 2 saturated heterocycles. The van der Waals surface area contributed by atoms with Crippen LogP contribution in [-0.4, -0.2) is 162 Å². The molecule has 0 spiro atoms. The summed E-state index contributed by atoms with van der Waals surface area (Å²) in [7, 11) is -3.60. The number of nitrogens with one attached hydrogen (secondary N) is 1. The molecular formula is C28H48B5NO12S5. The molecule has 23 heteroatoms. The average Bonchev–Trinajstić information content (AvgIpc) is 3.76. The number of aliphatic hydroxyl groups is 3. The molecule has 0 aromatic heterocycles. The van der Waals surface area contributed by atoms with Crippen LogP contribution in [0.3, 0.4) is 0 Å². The summed E-state index contributed by atoms with van der Waals surface area (Å²) >= 11 is 9.62.